The van der Waals surface area contributed by atoms with Crippen molar-refractivity contribution in [3.63, 3.8) is 0 Å². The summed E-state index contributed by atoms with van der Waals surface area (Å²) in [5, 5.41) is 2.66. The lowest BCUT2D eigenvalue weighted by Gasteiger charge is -2.37. The van der Waals surface area contributed by atoms with E-state index in [1.165, 1.54) is 6.26 Å². The Balaban J connectivity index is 1.71. The Labute approximate surface area is 142 Å². The van der Waals surface area contributed by atoms with E-state index in [4.69, 9.17) is 4.42 Å². The zero-order valence-electron chi connectivity index (χ0n) is 14.5. The summed E-state index contributed by atoms with van der Waals surface area (Å²) in [6.07, 6.45) is 1.66. The van der Waals surface area contributed by atoms with Crippen LogP contribution in [0.1, 0.15) is 37.7 Å². The molecule has 2 heterocycles. The van der Waals surface area contributed by atoms with Gasteiger partial charge in [0.25, 0.3) is 5.91 Å². The molecule has 0 aromatic carbocycles. The average molecular weight is 335 g/mol. The van der Waals surface area contributed by atoms with Gasteiger partial charge >= 0.3 is 0 Å². The second-order valence-electron chi connectivity index (χ2n) is 6.91. The van der Waals surface area contributed by atoms with Crippen LogP contribution in [0.4, 0.5) is 0 Å². The van der Waals surface area contributed by atoms with Gasteiger partial charge < -0.3 is 19.5 Å². The molecule has 0 aliphatic carbocycles. The minimum absolute atomic E-state index is 0.0161. The Kier molecular flexibility index (Phi) is 5.64. The highest BCUT2D eigenvalue weighted by molar-refractivity contribution is 5.91. The minimum Gasteiger partial charge on any atom is -0.459 e. The van der Waals surface area contributed by atoms with Crippen LogP contribution in [0.2, 0.25) is 0 Å². The van der Waals surface area contributed by atoms with E-state index >= 15 is 0 Å². The smallest absolute Gasteiger partial charge is 0.286 e. The summed E-state index contributed by atoms with van der Waals surface area (Å²) in [5.41, 5.74) is -0.400. The second-order valence-corrected chi connectivity index (χ2v) is 6.91. The molecule has 3 amide bonds. The van der Waals surface area contributed by atoms with E-state index < -0.39 is 5.41 Å². The predicted molar refractivity (Wildman–Crippen MR) is 88.3 cm³/mol. The van der Waals surface area contributed by atoms with Gasteiger partial charge in [-0.05, 0) is 12.1 Å². The van der Waals surface area contributed by atoms with Crippen LogP contribution < -0.4 is 5.32 Å². The van der Waals surface area contributed by atoms with Crippen molar-refractivity contribution >= 4 is 17.7 Å². The van der Waals surface area contributed by atoms with E-state index in [0.29, 0.717) is 26.2 Å². The molecule has 1 N–H and O–H groups in total. The lowest BCUT2D eigenvalue weighted by atomic mass is 9.94. The summed E-state index contributed by atoms with van der Waals surface area (Å²) in [5.74, 6) is 0.00284. The molecule has 0 bridgehead atoms. The highest BCUT2D eigenvalue weighted by Crippen LogP contribution is 2.18. The van der Waals surface area contributed by atoms with Crippen molar-refractivity contribution in [2.75, 3.05) is 32.7 Å². The molecule has 1 saturated heterocycles. The summed E-state index contributed by atoms with van der Waals surface area (Å²) in [7, 11) is 0. The molecule has 24 heavy (non-hydrogen) atoms. The van der Waals surface area contributed by atoms with Gasteiger partial charge in [0.2, 0.25) is 11.8 Å². The molecule has 0 atom stereocenters. The van der Waals surface area contributed by atoms with Crippen molar-refractivity contribution in [1.82, 2.24) is 15.1 Å². The fourth-order valence-electron chi connectivity index (χ4n) is 2.57. The Hall–Kier alpha value is -2.31. The third-order valence-corrected chi connectivity index (χ3v) is 3.93. The molecule has 0 spiro atoms. The SMILES string of the molecule is CC(C)(C)C(=O)N1CCN(C(=O)CCNC(=O)c2ccco2)CC1. The van der Waals surface area contributed by atoms with Crippen LogP contribution in [0.25, 0.3) is 0 Å². The predicted octanol–water partition coefficient (Wildman–Crippen LogP) is 1.12. The van der Waals surface area contributed by atoms with Crippen molar-refractivity contribution < 1.29 is 18.8 Å². The monoisotopic (exact) mass is 335 g/mol. The van der Waals surface area contributed by atoms with Crippen molar-refractivity contribution in [3.05, 3.63) is 24.2 Å². The molecule has 0 radical (unpaired) electrons. The largest absolute Gasteiger partial charge is 0.459 e. The minimum atomic E-state index is -0.400. The number of amides is 3. The Bertz CT molecular complexity index is 581. The van der Waals surface area contributed by atoms with E-state index in [1.54, 1.807) is 17.0 Å². The molecule has 0 unspecified atom stereocenters. The van der Waals surface area contributed by atoms with E-state index in [-0.39, 0.29) is 36.4 Å². The number of hydrogen-bond acceptors (Lipinski definition) is 4. The summed E-state index contributed by atoms with van der Waals surface area (Å²) >= 11 is 0. The van der Waals surface area contributed by atoms with Gasteiger partial charge in [-0.3, -0.25) is 14.4 Å². The quantitative estimate of drug-likeness (QED) is 0.894. The topological polar surface area (TPSA) is 82.9 Å². The Morgan fingerprint density at radius 2 is 1.75 bits per heavy atom. The molecule has 0 saturated carbocycles. The summed E-state index contributed by atoms with van der Waals surface area (Å²) in [6.45, 7) is 8.14. The van der Waals surface area contributed by atoms with Gasteiger partial charge in [0, 0.05) is 44.6 Å². The third kappa shape index (κ3) is 4.59. The first-order chi connectivity index (χ1) is 11.3. The zero-order valence-corrected chi connectivity index (χ0v) is 14.5. The highest BCUT2D eigenvalue weighted by Gasteiger charge is 2.30. The number of piperazine rings is 1. The molecule has 132 valence electrons. The third-order valence-electron chi connectivity index (χ3n) is 3.93. The molecule has 2 rings (SSSR count). The van der Waals surface area contributed by atoms with Crippen LogP contribution in [0.3, 0.4) is 0 Å². The second kappa shape index (κ2) is 7.51. The maximum atomic E-state index is 12.2. The van der Waals surface area contributed by atoms with Gasteiger partial charge in [-0.2, -0.15) is 0 Å². The molecule has 1 aromatic rings. The first-order valence-electron chi connectivity index (χ1n) is 8.18. The van der Waals surface area contributed by atoms with Crippen molar-refractivity contribution in [3.8, 4) is 0 Å². The molecule has 7 heteroatoms. The molecule has 1 aliphatic heterocycles. The Morgan fingerprint density at radius 3 is 2.29 bits per heavy atom. The maximum Gasteiger partial charge on any atom is 0.286 e. The average Bonchev–Trinajstić information content (AvgIpc) is 3.07. The molecular weight excluding hydrogens is 310 g/mol. The standard InChI is InChI=1S/C17H25N3O4/c1-17(2,3)16(23)20-10-8-19(9-11-20)14(21)6-7-18-15(22)13-5-4-12-24-13/h4-5,12H,6-11H2,1-3H3,(H,18,22). The number of furan rings is 1. The molecule has 1 aromatic heterocycles. The summed E-state index contributed by atoms with van der Waals surface area (Å²) in [6, 6.07) is 3.21. The molecule has 1 fully saturated rings. The van der Waals surface area contributed by atoms with Gasteiger partial charge in [0.1, 0.15) is 0 Å². The number of hydrogen-bond donors (Lipinski definition) is 1. The fraction of sp³-hybridized carbons (Fsp3) is 0.588. The number of nitrogens with zero attached hydrogens (tertiary/aromatic N) is 2. The summed E-state index contributed by atoms with van der Waals surface area (Å²) in [4.78, 5) is 39.7. The molecular formula is C17H25N3O4. The van der Waals surface area contributed by atoms with Crippen molar-refractivity contribution in [2.24, 2.45) is 5.41 Å². The van der Waals surface area contributed by atoms with Crippen LogP contribution >= 0.6 is 0 Å². The zero-order chi connectivity index (χ0) is 17.7. The first kappa shape index (κ1) is 18.0. The fourth-order valence-corrected chi connectivity index (χ4v) is 2.57. The molecule has 7 nitrogen and oxygen atoms in total. The van der Waals surface area contributed by atoms with Crippen LogP contribution in [0.15, 0.2) is 22.8 Å². The van der Waals surface area contributed by atoms with E-state index in [1.807, 2.05) is 25.7 Å². The van der Waals surface area contributed by atoms with Gasteiger partial charge in [-0.25, -0.2) is 0 Å². The van der Waals surface area contributed by atoms with E-state index in [9.17, 15) is 14.4 Å². The normalized spacial score (nSPS) is 15.3. The van der Waals surface area contributed by atoms with Gasteiger partial charge in [0.15, 0.2) is 5.76 Å². The van der Waals surface area contributed by atoms with Crippen LogP contribution in [-0.4, -0.2) is 60.2 Å². The molecule has 1 aliphatic rings. The first-order valence-corrected chi connectivity index (χ1v) is 8.18. The van der Waals surface area contributed by atoms with E-state index in [2.05, 4.69) is 5.32 Å². The number of carbonyl (C=O) groups excluding carboxylic acids is 3. The lowest BCUT2D eigenvalue weighted by Crippen LogP contribution is -2.53. The number of nitrogens with one attached hydrogen (secondary N) is 1. The number of carbonyl (C=O) groups is 3. The van der Waals surface area contributed by atoms with Gasteiger partial charge in [0.05, 0.1) is 6.26 Å². The van der Waals surface area contributed by atoms with Gasteiger partial charge in [-0.15, -0.1) is 0 Å². The maximum absolute atomic E-state index is 12.2. The van der Waals surface area contributed by atoms with Crippen LogP contribution in [-0.2, 0) is 9.59 Å². The number of rotatable bonds is 4. The van der Waals surface area contributed by atoms with Crippen molar-refractivity contribution in [1.29, 1.82) is 0 Å². The van der Waals surface area contributed by atoms with Crippen LogP contribution in [0, 0.1) is 5.41 Å². The highest BCUT2D eigenvalue weighted by atomic mass is 16.3. The van der Waals surface area contributed by atoms with Crippen molar-refractivity contribution in [2.45, 2.75) is 27.2 Å². The lowest BCUT2D eigenvalue weighted by molar-refractivity contribution is -0.144. The Morgan fingerprint density at radius 1 is 1.12 bits per heavy atom. The summed E-state index contributed by atoms with van der Waals surface area (Å²) < 4.78 is 4.99. The van der Waals surface area contributed by atoms with E-state index in [0.717, 1.165) is 0 Å². The van der Waals surface area contributed by atoms with Crippen LogP contribution in [0.5, 0.6) is 0 Å². The van der Waals surface area contributed by atoms with Gasteiger partial charge in [-0.1, -0.05) is 20.8 Å².